The lowest BCUT2D eigenvalue weighted by Crippen LogP contribution is -2.54. The summed E-state index contributed by atoms with van der Waals surface area (Å²) in [6.45, 7) is 4.12. The standard InChI is InChI=1S/C15H18F2O2/c1-10(2)11-4-6-12(7-5-11)14(13(18)19-3)8-15(16,17)9-14/h4-7,10H,8-9H2,1-3H3. The van der Waals surface area contributed by atoms with Crippen LogP contribution in [-0.4, -0.2) is 19.0 Å². The van der Waals surface area contributed by atoms with Crippen molar-refractivity contribution in [2.75, 3.05) is 7.11 Å². The molecule has 104 valence electrons. The Morgan fingerprint density at radius 1 is 1.21 bits per heavy atom. The van der Waals surface area contributed by atoms with E-state index in [0.717, 1.165) is 5.56 Å². The predicted molar refractivity (Wildman–Crippen MR) is 68.4 cm³/mol. The van der Waals surface area contributed by atoms with Crippen molar-refractivity contribution in [3.8, 4) is 0 Å². The first kappa shape index (κ1) is 14.0. The van der Waals surface area contributed by atoms with Gasteiger partial charge in [-0.3, -0.25) is 4.79 Å². The summed E-state index contributed by atoms with van der Waals surface area (Å²) in [7, 11) is 1.24. The number of methoxy groups -OCH3 is 1. The first-order valence-corrected chi connectivity index (χ1v) is 6.37. The lowest BCUT2D eigenvalue weighted by atomic mass is 9.62. The molecule has 1 fully saturated rings. The van der Waals surface area contributed by atoms with Gasteiger partial charge >= 0.3 is 5.97 Å². The maximum Gasteiger partial charge on any atom is 0.316 e. The van der Waals surface area contributed by atoms with Gasteiger partial charge in [0.25, 0.3) is 5.92 Å². The fourth-order valence-corrected chi connectivity index (χ4v) is 2.68. The predicted octanol–water partition coefficient (Wildman–Crippen LogP) is 3.65. The normalized spacial score (nSPS) is 19.9. The number of carbonyl (C=O) groups is 1. The van der Waals surface area contributed by atoms with Crippen LogP contribution in [0.25, 0.3) is 0 Å². The van der Waals surface area contributed by atoms with E-state index in [9.17, 15) is 13.6 Å². The SMILES string of the molecule is COC(=O)C1(c2ccc(C(C)C)cc2)CC(F)(F)C1. The van der Waals surface area contributed by atoms with Gasteiger partial charge in [0.15, 0.2) is 0 Å². The summed E-state index contributed by atoms with van der Waals surface area (Å²) in [5.41, 5.74) is 0.567. The molecule has 1 saturated carbocycles. The van der Waals surface area contributed by atoms with Crippen molar-refractivity contribution < 1.29 is 18.3 Å². The molecule has 0 heterocycles. The zero-order chi connectivity index (χ0) is 14.3. The minimum atomic E-state index is -2.77. The molecular weight excluding hydrogens is 250 g/mol. The van der Waals surface area contributed by atoms with E-state index < -0.39 is 30.1 Å². The molecule has 1 aliphatic rings. The summed E-state index contributed by atoms with van der Waals surface area (Å²) in [5.74, 6) is -2.98. The number of carbonyl (C=O) groups excluding carboxylic acids is 1. The second-order valence-corrected chi connectivity index (χ2v) is 5.56. The van der Waals surface area contributed by atoms with Crippen LogP contribution in [0.5, 0.6) is 0 Å². The fourth-order valence-electron chi connectivity index (χ4n) is 2.68. The van der Waals surface area contributed by atoms with E-state index in [1.54, 1.807) is 12.1 Å². The Labute approximate surface area is 111 Å². The Morgan fingerprint density at radius 3 is 2.11 bits per heavy atom. The first-order chi connectivity index (χ1) is 8.81. The quantitative estimate of drug-likeness (QED) is 0.782. The van der Waals surface area contributed by atoms with Crippen molar-refractivity contribution in [2.24, 2.45) is 0 Å². The molecule has 0 radical (unpaired) electrons. The van der Waals surface area contributed by atoms with Gasteiger partial charge in [0.05, 0.1) is 7.11 Å². The maximum atomic E-state index is 13.2. The molecule has 0 saturated heterocycles. The number of alkyl halides is 2. The van der Waals surface area contributed by atoms with Gasteiger partial charge in [-0.15, -0.1) is 0 Å². The lowest BCUT2D eigenvalue weighted by Gasteiger charge is -2.45. The summed E-state index contributed by atoms with van der Waals surface area (Å²) >= 11 is 0. The van der Waals surface area contributed by atoms with E-state index >= 15 is 0 Å². The van der Waals surface area contributed by atoms with E-state index in [-0.39, 0.29) is 0 Å². The van der Waals surface area contributed by atoms with Gasteiger partial charge in [0.1, 0.15) is 5.41 Å². The molecule has 0 aliphatic heterocycles. The number of hydrogen-bond acceptors (Lipinski definition) is 2. The van der Waals surface area contributed by atoms with Crippen LogP contribution >= 0.6 is 0 Å². The summed E-state index contributed by atoms with van der Waals surface area (Å²) in [6.07, 6.45) is -0.929. The topological polar surface area (TPSA) is 26.3 Å². The van der Waals surface area contributed by atoms with Crippen molar-refractivity contribution in [3.05, 3.63) is 35.4 Å². The number of halogens is 2. The van der Waals surface area contributed by atoms with Crippen molar-refractivity contribution in [3.63, 3.8) is 0 Å². The number of benzene rings is 1. The highest BCUT2D eigenvalue weighted by Crippen LogP contribution is 2.54. The third-order valence-corrected chi connectivity index (χ3v) is 3.83. The summed E-state index contributed by atoms with van der Waals surface area (Å²) in [4.78, 5) is 11.9. The Bertz CT molecular complexity index is 469. The summed E-state index contributed by atoms with van der Waals surface area (Å²) in [6, 6.07) is 7.31. The maximum absolute atomic E-state index is 13.2. The molecule has 2 nitrogen and oxygen atoms in total. The van der Waals surface area contributed by atoms with E-state index in [0.29, 0.717) is 11.5 Å². The summed E-state index contributed by atoms with van der Waals surface area (Å²) in [5, 5.41) is 0. The monoisotopic (exact) mass is 268 g/mol. The average molecular weight is 268 g/mol. The van der Waals surface area contributed by atoms with Crippen LogP contribution in [0.4, 0.5) is 8.78 Å². The van der Waals surface area contributed by atoms with Gasteiger partial charge in [-0.2, -0.15) is 0 Å². The molecule has 0 bridgehead atoms. The van der Waals surface area contributed by atoms with E-state index in [1.807, 2.05) is 12.1 Å². The van der Waals surface area contributed by atoms with Gasteiger partial charge in [0.2, 0.25) is 0 Å². The largest absolute Gasteiger partial charge is 0.468 e. The average Bonchev–Trinajstić information content (AvgIpc) is 2.34. The minimum absolute atomic E-state index is 0.367. The molecule has 19 heavy (non-hydrogen) atoms. The van der Waals surface area contributed by atoms with E-state index in [4.69, 9.17) is 4.74 Å². The van der Waals surface area contributed by atoms with Crippen LogP contribution in [0.3, 0.4) is 0 Å². The molecule has 0 unspecified atom stereocenters. The molecule has 1 aliphatic carbocycles. The van der Waals surface area contributed by atoms with Crippen LogP contribution in [0.2, 0.25) is 0 Å². The molecule has 1 aromatic rings. The first-order valence-electron chi connectivity index (χ1n) is 6.37. The van der Waals surface area contributed by atoms with Gasteiger partial charge in [-0.25, -0.2) is 8.78 Å². The Kier molecular flexibility index (Phi) is 3.37. The van der Waals surface area contributed by atoms with Crippen molar-refractivity contribution >= 4 is 5.97 Å². The van der Waals surface area contributed by atoms with Crippen molar-refractivity contribution in [1.29, 1.82) is 0 Å². The number of esters is 1. The molecule has 0 aromatic heterocycles. The summed E-state index contributed by atoms with van der Waals surface area (Å²) < 4.78 is 31.1. The lowest BCUT2D eigenvalue weighted by molar-refractivity contribution is -0.177. The van der Waals surface area contributed by atoms with Crippen molar-refractivity contribution in [1.82, 2.24) is 0 Å². The molecule has 0 atom stereocenters. The van der Waals surface area contributed by atoms with Gasteiger partial charge in [-0.05, 0) is 17.0 Å². The minimum Gasteiger partial charge on any atom is -0.468 e. The molecule has 0 amide bonds. The Hall–Kier alpha value is -1.45. The van der Waals surface area contributed by atoms with Gasteiger partial charge in [0, 0.05) is 12.8 Å². The Morgan fingerprint density at radius 2 is 1.74 bits per heavy atom. The smallest absolute Gasteiger partial charge is 0.316 e. The van der Waals surface area contributed by atoms with Gasteiger partial charge in [-0.1, -0.05) is 38.1 Å². The number of rotatable bonds is 3. The molecule has 2 rings (SSSR count). The van der Waals surface area contributed by atoms with Crippen LogP contribution in [0.15, 0.2) is 24.3 Å². The van der Waals surface area contributed by atoms with Crippen LogP contribution < -0.4 is 0 Å². The molecule has 0 spiro atoms. The highest BCUT2D eigenvalue weighted by Gasteiger charge is 2.62. The van der Waals surface area contributed by atoms with Crippen LogP contribution in [0.1, 0.15) is 43.7 Å². The van der Waals surface area contributed by atoms with Crippen molar-refractivity contribution in [2.45, 2.75) is 43.9 Å². The van der Waals surface area contributed by atoms with Crippen LogP contribution in [-0.2, 0) is 14.9 Å². The zero-order valence-corrected chi connectivity index (χ0v) is 11.4. The number of hydrogen-bond donors (Lipinski definition) is 0. The molecule has 1 aromatic carbocycles. The van der Waals surface area contributed by atoms with Crippen LogP contribution in [0, 0.1) is 0 Å². The second-order valence-electron chi connectivity index (χ2n) is 5.56. The van der Waals surface area contributed by atoms with Gasteiger partial charge < -0.3 is 4.74 Å². The molecular formula is C15H18F2O2. The molecule has 0 N–H and O–H groups in total. The zero-order valence-electron chi connectivity index (χ0n) is 11.4. The highest BCUT2D eigenvalue weighted by atomic mass is 19.3. The second kappa shape index (κ2) is 4.58. The third-order valence-electron chi connectivity index (χ3n) is 3.83. The third kappa shape index (κ3) is 2.36. The Balaban J connectivity index is 2.33. The molecule has 4 heteroatoms. The number of ether oxygens (including phenoxy) is 1. The fraction of sp³-hybridized carbons (Fsp3) is 0.533. The van der Waals surface area contributed by atoms with E-state index in [1.165, 1.54) is 7.11 Å². The van der Waals surface area contributed by atoms with E-state index in [2.05, 4.69) is 13.8 Å². The highest BCUT2D eigenvalue weighted by molar-refractivity contribution is 5.85.